The third-order valence-electron chi connectivity index (χ3n) is 6.19. The third-order valence-corrected chi connectivity index (χ3v) is 6.19. The highest BCUT2D eigenvalue weighted by Crippen LogP contribution is 2.43. The largest absolute Gasteiger partial charge is 0.491 e. The van der Waals surface area contributed by atoms with Gasteiger partial charge in [0.1, 0.15) is 24.6 Å². The molecule has 0 aliphatic rings. The van der Waals surface area contributed by atoms with E-state index in [1.807, 2.05) is 0 Å². The summed E-state index contributed by atoms with van der Waals surface area (Å²) in [7, 11) is 0. The molecule has 0 saturated heterocycles. The predicted octanol–water partition coefficient (Wildman–Crippen LogP) is 5.54. The van der Waals surface area contributed by atoms with Crippen molar-refractivity contribution in [3.8, 4) is 11.8 Å². The fourth-order valence-corrected chi connectivity index (χ4v) is 4.03. The highest BCUT2D eigenvalue weighted by molar-refractivity contribution is 5.78. The number of nitrogens with zero attached hydrogens (tertiary/aromatic N) is 2. The van der Waals surface area contributed by atoms with E-state index in [0.29, 0.717) is 43.2 Å². The van der Waals surface area contributed by atoms with Crippen molar-refractivity contribution >= 4 is 12.1 Å². The van der Waals surface area contributed by atoms with Crippen molar-refractivity contribution in [1.29, 1.82) is 0 Å². The Kier molecular flexibility index (Phi) is 9.04. The number of aromatic hydroxyl groups is 2. The predicted molar refractivity (Wildman–Crippen MR) is 118 cm³/mol. The molecule has 2 heterocycles. The maximum atomic E-state index is 12.4. The summed E-state index contributed by atoms with van der Waals surface area (Å²) in [6, 6.07) is 0. The number of hydrogen-bond donors (Lipinski definition) is 2. The average Bonchev–Trinajstić information content (AvgIpc) is 3.32. The fraction of sp³-hybridized carbons (Fsp3) is 0.667. The molecule has 0 unspecified atom stereocenters. The topological polar surface area (TPSA) is 127 Å². The van der Waals surface area contributed by atoms with Crippen LogP contribution in [0, 0.1) is 10.8 Å². The summed E-state index contributed by atoms with van der Waals surface area (Å²) in [5.74, 6) is -0.660. The van der Waals surface area contributed by atoms with Gasteiger partial charge in [0.15, 0.2) is 0 Å². The molecule has 0 radical (unpaired) electrons. The van der Waals surface area contributed by atoms with E-state index in [9.17, 15) is 19.8 Å². The van der Waals surface area contributed by atoms with Gasteiger partial charge in [-0.15, -0.1) is 0 Å². The Hall–Kier alpha value is -2.64. The van der Waals surface area contributed by atoms with Gasteiger partial charge >= 0.3 is 0 Å². The molecule has 0 spiro atoms. The number of carbonyl (C=O) groups is 2. The Morgan fingerprint density at radius 3 is 2.03 bits per heavy atom. The standard InChI is InChI=1S/C24H36N2O6/c1-23(2,12-13-27)10-7-5-6-8-17(28)9-11-24(3,4)14-18(19-15-31-25-21(19)29)20-16-32-26-22(20)30/h13,15-16,18H,5-12,14H2,1-4H3,(H,25,29)(H,26,30). The molecular weight excluding hydrogens is 412 g/mol. The van der Waals surface area contributed by atoms with Gasteiger partial charge in [-0.05, 0) is 46.8 Å². The summed E-state index contributed by atoms with van der Waals surface area (Å²) in [4.78, 5) is 23.1. The van der Waals surface area contributed by atoms with Crippen molar-refractivity contribution in [3.05, 3.63) is 23.7 Å². The minimum Gasteiger partial charge on any atom is -0.491 e. The number of carbonyl (C=O) groups excluding carboxylic acids is 2. The van der Waals surface area contributed by atoms with Crippen LogP contribution in [-0.4, -0.2) is 32.6 Å². The van der Waals surface area contributed by atoms with E-state index in [1.54, 1.807) is 0 Å². The molecule has 0 aliphatic carbocycles. The molecule has 178 valence electrons. The van der Waals surface area contributed by atoms with Gasteiger partial charge in [-0.3, -0.25) is 4.79 Å². The van der Waals surface area contributed by atoms with Gasteiger partial charge in [0, 0.05) is 25.2 Å². The quantitative estimate of drug-likeness (QED) is 0.269. The molecule has 8 heteroatoms. The van der Waals surface area contributed by atoms with Crippen LogP contribution in [0.3, 0.4) is 0 Å². The van der Waals surface area contributed by atoms with E-state index in [-0.39, 0.29) is 28.4 Å². The summed E-state index contributed by atoms with van der Waals surface area (Å²) in [6.45, 7) is 8.30. The summed E-state index contributed by atoms with van der Waals surface area (Å²) in [6.07, 6.45) is 10.4. The lowest BCUT2D eigenvalue weighted by atomic mass is 9.75. The number of Topliss-reactive ketones (excluding diaryl/α,β-unsaturated/α-hetero) is 1. The number of aldehydes is 1. The Morgan fingerprint density at radius 2 is 1.53 bits per heavy atom. The minimum atomic E-state index is -0.424. The van der Waals surface area contributed by atoms with Crippen LogP contribution in [0.2, 0.25) is 0 Å². The lowest BCUT2D eigenvalue weighted by Crippen LogP contribution is -2.18. The summed E-state index contributed by atoms with van der Waals surface area (Å²) in [5, 5.41) is 27.1. The number of hydrogen-bond acceptors (Lipinski definition) is 8. The van der Waals surface area contributed by atoms with E-state index in [4.69, 9.17) is 9.05 Å². The number of unbranched alkanes of at least 4 members (excludes halogenated alkanes) is 2. The van der Waals surface area contributed by atoms with Crippen molar-refractivity contribution in [1.82, 2.24) is 10.3 Å². The van der Waals surface area contributed by atoms with Crippen LogP contribution in [0.4, 0.5) is 0 Å². The number of ketones is 1. The zero-order valence-corrected chi connectivity index (χ0v) is 19.6. The van der Waals surface area contributed by atoms with E-state index >= 15 is 0 Å². The van der Waals surface area contributed by atoms with E-state index < -0.39 is 5.92 Å². The molecule has 0 fully saturated rings. The van der Waals surface area contributed by atoms with E-state index in [0.717, 1.165) is 32.0 Å². The SMILES string of the molecule is CC(C)(CC=O)CCCCCC(=O)CCC(C)(C)CC(c1conc1O)c1conc1O. The maximum Gasteiger partial charge on any atom is 0.255 e. The summed E-state index contributed by atoms with van der Waals surface area (Å²) in [5.41, 5.74) is 0.664. The van der Waals surface area contributed by atoms with Crippen LogP contribution in [0.5, 0.6) is 11.8 Å². The van der Waals surface area contributed by atoms with Crippen molar-refractivity contribution in [3.63, 3.8) is 0 Å². The zero-order chi connectivity index (χ0) is 23.8. The second-order valence-electron chi connectivity index (χ2n) is 10.2. The molecule has 0 aliphatic heterocycles. The molecule has 0 atom stereocenters. The van der Waals surface area contributed by atoms with Gasteiger partial charge in [0.25, 0.3) is 11.8 Å². The van der Waals surface area contributed by atoms with Crippen molar-refractivity contribution in [2.75, 3.05) is 0 Å². The van der Waals surface area contributed by atoms with Gasteiger partial charge in [0.05, 0.1) is 11.1 Å². The van der Waals surface area contributed by atoms with Crippen LogP contribution in [-0.2, 0) is 9.59 Å². The Bertz CT molecular complexity index is 827. The van der Waals surface area contributed by atoms with Gasteiger partial charge in [-0.2, -0.15) is 0 Å². The van der Waals surface area contributed by atoms with E-state index in [2.05, 4.69) is 38.0 Å². The summed E-state index contributed by atoms with van der Waals surface area (Å²) >= 11 is 0. The molecule has 0 aromatic carbocycles. The molecule has 0 amide bonds. The smallest absolute Gasteiger partial charge is 0.255 e. The van der Waals surface area contributed by atoms with Gasteiger partial charge < -0.3 is 24.1 Å². The monoisotopic (exact) mass is 448 g/mol. The van der Waals surface area contributed by atoms with Crippen LogP contribution in [0.1, 0.15) is 103 Å². The molecule has 0 saturated carbocycles. The second kappa shape index (κ2) is 11.3. The molecular formula is C24H36N2O6. The van der Waals surface area contributed by atoms with Crippen molar-refractivity contribution in [2.45, 2.75) is 91.4 Å². The molecule has 2 rings (SSSR count). The fourth-order valence-electron chi connectivity index (χ4n) is 4.03. The van der Waals surface area contributed by atoms with Crippen molar-refractivity contribution < 1.29 is 28.8 Å². The highest BCUT2D eigenvalue weighted by atomic mass is 16.5. The molecule has 2 N–H and O–H groups in total. The lowest BCUT2D eigenvalue weighted by molar-refractivity contribution is -0.119. The first-order valence-corrected chi connectivity index (χ1v) is 11.3. The van der Waals surface area contributed by atoms with E-state index in [1.165, 1.54) is 12.5 Å². The Labute approximate surface area is 189 Å². The van der Waals surface area contributed by atoms with Gasteiger partial charge in [-0.1, -0.05) is 40.5 Å². The Balaban J connectivity index is 1.84. The normalized spacial score (nSPS) is 12.4. The minimum absolute atomic E-state index is 0.0319. The summed E-state index contributed by atoms with van der Waals surface area (Å²) < 4.78 is 9.74. The van der Waals surface area contributed by atoms with Crippen molar-refractivity contribution in [2.24, 2.45) is 10.8 Å². The number of rotatable bonds is 15. The highest BCUT2D eigenvalue weighted by Gasteiger charge is 2.32. The zero-order valence-electron chi connectivity index (χ0n) is 19.6. The van der Waals surface area contributed by atoms with Crippen LogP contribution in [0.25, 0.3) is 0 Å². The maximum absolute atomic E-state index is 12.4. The molecule has 32 heavy (non-hydrogen) atoms. The first kappa shape index (κ1) is 25.6. The van der Waals surface area contributed by atoms with Crippen LogP contribution >= 0.6 is 0 Å². The third kappa shape index (κ3) is 7.80. The molecule has 2 aromatic heterocycles. The first-order valence-electron chi connectivity index (χ1n) is 11.3. The Morgan fingerprint density at radius 1 is 0.938 bits per heavy atom. The van der Waals surface area contributed by atoms with Gasteiger partial charge in [0.2, 0.25) is 0 Å². The van der Waals surface area contributed by atoms with Crippen LogP contribution in [0.15, 0.2) is 21.6 Å². The first-order chi connectivity index (χ1) is 15.0. The average molecular weight is 449 g/mol. The second-order valence-corrected chi connectivity index (χ2v) is 10.2. The van der Waals surface area contributed by atoms with Gasteiger partial charge in [-0.25, -0.2) is 0 Å². The molecule has 0 bridgehead atoms. The molecule has 2 aromatic rings. The van der Waals surface area contributed by atoms with Crippen LogP contribution < -0.4 is 0 Å². The number of aromatic nitrogens is 2. The molecule has 8 nitrogen and oxygen atoms in total. The lowest BCUT2D eigenvalue weighted by Gasteiger charge is -2.28.